The molecule has 1 fully saturated rings. The van der Waals surface area contributed by atoms with E-state index in [1.165, 1.54) is 16.4 Å². The average Bonchev–Trinajstić information content (AvgIpc) is 2.88. The highest BCUT2D eigenvalue weighted by atomic mass is 32.2. The van der Waals surface area contributed by atoms with E-state index < -0.39 is 21.8 Å². The molecule has 0 spiro atoms. The summed E-state index contributed by atoms with van der Waals surface area (Å²) in [4.78, 5) is -0.157. The van der Waals surface area contributed by atoms with Crippen molar-refractivity contribution in [1.82, 2.24) is 4.31 Å². The zero-order chi connectivity index (χ0) is 19.7. The van der Waals surface area contributed by atoms with Crippen molar-refractivity contribution >= 4 is 10.0 Å². The lowest BCUT2D eigenvalue weighted by molar-refractivity contribution is -0.137. The van der Waals surface area contributed by atoms with E-state index in [1.807, 2.05) is 0 Å². The number of halogens is 4. The molecule has 1 atom stereocenters. The number of nitrogens with zero attached hydrogens (tertiary/aromatic N) is 1. The van der Waals surface area contributed by atoms with E-state index in [0.29, 0.717) is 13.0 Å². The second-order valence-corrected chi connectivity index (χ2v) is 8.57. The Bertz CT molecular complexity index is 877. The Morgan fingerprint density at radius 3 is 2.15 bits per heavy atom. The molecule has 0 aliphatic carbocycles. The Labute approximate surface area is 155 Å². The zero-order valence-electron chi connectivity index (χ0n) is 14.4. The summed E-state index contributed by atoms with van der Waals surface area (Å²) in [6.07, 6.45) is -2.26. The van der Waals surface area contributed by atoms with E-state index in [4.69, 9.17) is 0 Å². The van der Waals surface area contributed by atoms with Crippen LogP contribution in [0.5, 0.6) is 0 Å². The molecular formula is C19H19F4NO2S. The SMILES string of the molecule is O=S(=O)(c1ccc(C(F)(F)F)cc1)N1CCCCC(c2ccc(F)cc2)C1. The smallest absolute Gasteiger partial charge is 0.207 e. The quantitative estimate of drug-likeness (QED) is 0.693. The second kappa shape index (κ2) is 7.59. The van der Waals surface area contributed by atoms with Crippen LogP contribution in [0.4, 0.5) is 17.6 Å². The predicted octanol–water partition coefficient (Wildman–Crippen LogP) is 4.80. The molecule has 0 bridgehead atoms. The third kappa shape index (κ3) is 4.50. The Morgan fingerprint density at radius 1 is 0.926 bits per heavy atom. The van der Waals surface area contributed by atoms with Crippen LogP contribution in [0, 0.1) is 5.82 Å². The topological polar surface area (TPSA) is 37.4 Å². The van der Waals surface area contributed by atoms with Crippen LogP contribution < -0.4 is 0 Å². The maximum atomic E-state index is 13.2. The lowest BCUT2D eigenvalue weighted by Gasteiger charge is -2.24. The van der Waals surface area contributed by atoms with Crippen LogP contribution in [0.3, 0.4) is 0 Å². The molecule has 0 aromatic heterocycles. The van der Waals surface area contributed by atoms with Gasteiger partial charge in [-0.3, -0.25) is 0 Å². The average molecular weight is 401 g/mol. The van der Waals surface area contributed by atoms with Crippen molar-refractivity contribution in [3.8, 4) is 0 Å². The number of benzene rings is 2. The summed E-state index contributed by atoms with van der Waals surface area (Å²) in [6, 6.07) is 9.53. The van der Waals surface area contributed by atoms with Crippen LogP contribution >= 0.6 is 0 Å². The summed E-state index contributed by atoms with van der Waals surface area (Å²) in [5.41, 5.74) is -0.0348. The number of hydrogen-bond donors (Lipinski definition) is 0. The fourth-order valence-corrected chi connectivity index (χ4v) is 4.82. The minimum atomic E-state index is -4.52. The minimum absolute atomic E-state index is 0.0858. The third-order valence-corrected chi connectivity index (χ3v) is 6.67. The van der Waals surface area contributed by atoms with Crippen molar-refractivity contribution in [3.05, 3.63) is 65.5 Å². The number of rotatable bonds is 3. The summed E-state index contributed by atoms with van der Waals surface area (Å²) < 4.78 is 78.4. The molecule has 146 valence electrons. The van der Waals surface area contributed by atoms with E-state index in [2.05, 4.69) is 0 Å². The van der Waals surface area contributed by atoms with Gasteiger partial charge in [0.15, 0.2) is 0 Å². The zero-order valence-corrected chi connectivity index (χ0v) is 15.2. The molecule has 1 aliphatic heterocycles. The molecule has 2 aromatic rings. The van der Waals surface area contributed by atoms with Gasteiger partial charge in [0.25, 0.3) is 0 Å². The van der Waals surface area contributed by atoms with Crippen molar-refractivity contribution in [2.45, 2.75) is 36.3 Å². The van der Waals surface area contributed by atoms with E-state index >= 15 is 0 Å². The van der Waals surface area contributed by atoms with Crippen LogP contribution in [0.1, 0.15) is 36.3 Å². The van der Waals surface area contributed by atoms with Crippen LogP contribution in [0.15, 0.2) is 53.4 Å². The summed E-state index contributed by atoms with van der Waals surface area (Å²) in [6.45, 7) is 0.524. The Balaban J connectivity index is 1.85. The second-order valence-electron chi connectivity index (χ2n) is 6.63. The number of sulfonamides is 1. The van der Waals surface area contributed by atoms with Gasteiger partial charge in [-0.15, -0.1) is 0 Å². The molecule has 0 amide bonds. The molecule has 3 rings (SSSR count). The van der Waals surface area contributed by atoms with Crippen LogP contribution in [0.2, 0.25) is 0 Å². The monoisotopic (exact) mass is 401 g/mol. The first kappa shape index (κ1) is 19.8. The molecule has 1 aliphatic rings. The molecule has 1 unspecified atom stereocenters. The summed E-state index contributed by atoms with van der Waals surface area (Å²) >= 11 is 0. The maximum Gasteiger partial charge on any atom is 0.416 e. The number of alkyl halides is 3. The maximum absolute atomic E-state index is 13.2. The van der Waals surface area contributed by atoms with Crippen molar-refractivity contribution in [2.75, 3.05) is 13.1 Å². The number of hydrogen-bond acceptors (Lipinski definition) is 2. The Morgan fingerprint density at radius 2 is 1.56 bits per heavy atom. The van der Waals surface area contributed by atoms with Crippen molar-refractivity contribution < 1.29 is 26.0 Å². The van der Waals surface area contributed by atoms with Crippen LogP contribution in [-0.4, -0.2) is 25.8 Å². The minimum Gasteiger partial charge on any atom is -0.207 e. The molecule has 1 saturated heterocycles. The highest BCUT2D eigenvalue weighted by Crippen LogP contribution is 2.32. The first-order chi connectivity index (χ1) is 12.7. The van der Waals surface area contributed by atoms with Gasteiger partial charge in [0.05, 0.1) is 10.5 Å². The van der Waals surface area contributed by atoms with Gasteiger partial charge in [-0.25, -0.2) is 12.8 Å². The van der Waals surface area contributed by atoms with Gasteiger partial charge in [0.1, 0.15) is 5.82 Å². The highest BCUT2D eigenvalue weighted by molar-refractivity contribution is 7.89. The van der Waals surface area contributed by atoms with Gasteiger partial charge in [-0.2, -0.15) is 17.5 Å². The van der Waals surface area contributed by atoms with Gasteiger partial charge in [-0.05, 0) is 60.7 Å². The molecule has 0 radical (unpaired) electrons. The molecule has 1 heterocycles. The third-order valence-electron chi connectivity index (χ3n) is 4.79. The van der Waals surface area contributed by atoms with Crippen LogP contribution in [0.25, 0.3) is 0 Å². The summed E-state index contributed by atoms with van der Waals surface area (Å²) in [5, 5.41) is 0. The lowest BCUT2D eigenvalue weighted by Crippen LogP contribution is -2.34. The first-order valence-electron chi connectivity index (χ1n) is 8.61. The Hall–Kier alpha value is -1.93. The fourth-order valence-electron chi connectivity index (χ4n) is 3.30. The lowest BCUT2D eigenvalue weighted by atomic mass is 9.95. The first-order valence-corrected chi connectivity index (χ1v) is 10.0. The molecule has 27 heavy (non-hydrogen) atoms. The van der Waals surface area contributed by atoms with E-state index in [1.54, 1.807) is 12.1 Å². The van der Waals surface area contributed by atoms with E-state index in [-0.39, 0.29) is 23.2 Å². The molecule has 0 N–H and O–H groups in total. The normalized spacial score (nSPS) is 19.6. The molecule has 0 saturated carbocycles. The molecule has 8 heteroatoms. The van der Waals surface area contributed by atoms with Crippen molar-refractivity contribution in [1.29, 1.82) is 0 Å². The predicted molar refractivity (Wildman–Crippen MR) is 93.2 cm³/mol. The molecule has 2 aromatic carbocycles. The van der Waals surface area contributed by atoms with Gasteiger partial charge >= 0.3 is 6.18 Å². The molecular weight excluding hydrogens is 382 g/mol. The van der Waals surface area contributed by atoms with Crippen molar-refractivity contribution in [2.24, 2.45) is 0 Å². The van der Waals surface area contributed by atoms with E-state index in [9.17, 15) is 26.0 Å². The van der Waals surface area contributed by atoms with Gasteiger partial charge in [0.2, 0.25) is 10.0 Å². The van der Waals surface area contributed by atoms with E-state index in [0.717, 1.165) is 42.7 Å². The Kier molecular flexibility index (Phi) is 5.58. The van der Waals surface area contributed by atoms with Gasteiger partial charge in [0, 0.05) is 13.1 Å². The van der Waals surface area contributed by atoms with Crippen molar-refractivity contribution in [3.63, 3.8) is 0 Å². The standard InChI is InChI=1S/C19H19F4NO2S/c20-17-8-4-14(5-9-17)15-3-1-2-12-24(13-15)27(25,26)18-10-6-16(7-11-18)19(21,22)23/h4-11,15H,1-3,12-13H2. The van der Waals surface area contributed by atoms with Gasteiger partial charge in [-0.1, -0.05) is 18.6 Å². The summed E-state index contributed by atoms with van der Waals surface area (Å²) in [7, 11) is -3.90. The highest BCUT2D eigenvalue weighted by Gasteiger charge is 2.33. The van der Waals surface area contributed by atoms with Crippen LogP contribution in [-0.2, 0) is 16.2 Å². The molecule has 3 nitrogen and oxygen atoms in total. The van der Waals surface area contributed by atoms with Gasteiger partial charge < -0.3 is 0 Å². The summed E-state index contributed by atoms with van der Waals surface area (Å²) in [5.74, 6) is -0.445. The largest absolute Gasteiger partial charge is 0.416 e. The fraction of sp³-hybridized carbons (Fsp3) is 0.368.